The van der Waals surface area contributed by atoms with Gasteiger partial charge in [-0.25, -0.2) is 13.2 Å². The van der Waals surface area contributed by atoms with Gasteiger partial charge < -0.3 is 9.47 Å². The Morgan fingerprint density at radius 2 is 1.59 bits per heavy atom. The molecule has 0 N–H and O–H groups in total. The van der Waals surface area contributed by atoms with Crippen molar-refractivity contribution in [2.45, 2.75) is 37.7 Å². The summed E-state index contributed by atoms with van der Waals surface area (Å²) in [6, 6.07) is 20.6. The van der Waals surface area contributed by atoms with Gasteiger partial charge in [-0.3, -0.25) is 0 Å². The van der Waals surface area contributed by atoms with Crippen molar-refractivity contribution in [3.05, 3.63) is 94.5 Å². The molecule has 0 bridgehead atoms. The van der Waals surface area contributed by atoms with Crippen LogP contribution in [0.1, 0.15) is 39.0 Å². The fourth-order valence-electron chi connectivity index (χ4n) is 3.56. The van der Waals surface area contributed by atoms with Crippen molar-refractivity contribution in [2.24, 2.45) is 0 Å². The minimum absolute atomic E-state index is 0.305. The van der Waals surface area contributed by atoms with E-state index < -0.39 is 9.84 Å². The van der Waals surface area contributed by atoms with Crippen molar-refractivity contribution < 1.29 is 22.7 Å². The molecule has 0 saturated carbocycles. The first-order valence-electron chi connectivity index (χ1n) is 10.5. The maximum Gasteiger partial charge on any atom is 0.337 e. The Kier molecular flexibility index (Phi) is 7.70. The van der Waals surface area contributed by atoms with Crippen molar-refractivity contribution in [2.75, 3.05) is 13.4 Å². The number of ether oxygens (including phenoxy) is 2. The van der Waals surface area contributed by atoms with Gasteiger partial charge in [-0.1, -0.05) is 42.5 Å². The molecular weight excluding hydrogens is 424 g/mol. The average molecular weight is 453 g/mol. The van der Waals surface area contributed by atoms with E-state index in [1.807, 2.05) is 49.4 Å². The third-order valence-corrected chi connectivity index (χ3v) is 6.36. The van der Waals surface area contributed by atoms with Crippen LogP contribution in [0.25, 0.3) is 0 Å². The highest BCUT2D eigenvalue weighted by molar-refractivity contribution is 7.90. The standard InChI is InChI=1S/C26H28O5S/c1-19-16-24(32(3,28)29)17-23(25(19)31-18-21-8-5-4-6-9-21)11-7-10-20-12-14-22(15-13-20)26(27)30-2/h4-6,8-9,12-17H,7,10-11,18H2,1-3H3. The molecule has 0 spiro atoms. The highest BCUT2D eigenvalue weighted by Gasteiger charge is 2.16. The first kappa shape index (κ1) is 23.5. The molecule has 3 rings (SSSR count). The maximum atomic E-state index is 12.2. The number of methoxy groups -OCH3 is 1. The van der Waals surface area contributed by atoms with E-state index in [0.29, 0.717) is 23.5 Å². The Labute approximate surface area is 189 Å². The van der Waals surface area contributed by atoms with Gasteiger partial charge in [0.2, 0.25) is 0 Å². The number of hydrogen-bond donors (Lipinski definition) is 0. The molecule has 0 radical (unpaired) electrons. The zero-order valence-electron chi connectivity index (χ0n) is 18.6. The fourth-order valence-corrected chi connectivity index (χ4v) is 4.30. The highest BCUT2D eigenvalue weighted by atomic mass is 32.2. The molecule has 0 unspecified atom stereocenters. The summed E-state index contributed by atoms with van der Waals surface area (Å²) in [6.45, 7) is 2.30. The number of carbonyl (C=O) groups excluding carboxylic acids is 1. The summed E-state index contributed by atoms with van der Waals surface area (Å²) in [4.78, 5) is 11.9. The van der Waals surface area contributed by atoms with Crippen LogP contribution in [0.3, 0.4) is 0 Å². The lowest BCUT2D eigenvalue weighted by molar-refractivity contribution is 0.0600. The Morgan fingerprint density at radius 3 is 2.22 bits per heavy atom. The lowest BCUT2D eigenvalue weighted by Crippen LogP contribution is -2.05. The summed E-state index contributed by atoms with van der Waals surface area (Å²) < 4.78 is 35.2. The van der Waals surface area contributed by atoms with Crippen LogP contribution in [-0.2, 0) is 34.0 Å². The molecule has 0 aliphatic heterocycles. The van der Waals surface area contributed by atoms with E-state index in [4.69, 9.17) is 9.47 Å². The van der Waals surface area contributed by atoms with Crippen LogP contribution in [0, 0.1) is 6.92 Å². The predicted molar refractivity (Wildman–Crippen MR) is 125 cm³/mol. The molecule has 0 atom stereocenters. The van der Waals surface area contributed by atoms with Gasteiger partial charge in [-0.05, 0) is 72.7 Å². The van der Waals surface area contributed by atoms with E-state index in [1.54, 1.807) is 24.3 Å². The van der Waals surface area contributed by atoms with Crippen molar-refractivity contribution in [3.63, 3.8) is 0 Å². The number of carbonyl (C=O) groups is 1. The van der Waals surface area contributed by atoms with Crippen molar-refractivity contribution >= 4 is 15.8 Å². The largest absolute Gasteiger partial charge is 0.488 e. The second kappa shape index (κ2) is 10.5. The molecule has 0 fully saturated rings. The molecule has 5 nitrogen and oxygen atoms in total. The van der Waals surface area contributed by atoms with Crippen LogP contribution in [0.2, 0.25) is 0 Å². The topological polar surface area (TPSA) is 69.7 Å². The molecule has 3 aromatic carbocycles. The molecule has 6 heteroatoms. The van der Waals surface area contributed by atoms with Crippen LogP contribution in [0.4, 0.5) is 0 Å². The minimum Gasteiger partial charge on any atom is -0.488 e. The first-order valence-corrected chi connectivity index (χ1v) is 12.3. The van der Waals surface area contributed by atoms with Gasteiger partial charge >= 0.3 is 5.97 Å². The van der Waals surface area contributed by atoms with Gasteiger partial charge in [-0.2, -0.15) is 0 Å². The van der Waals surface area contributed by atoms with Crippen LogP contribution in [0.15, 0.2) is 71.6 Å². The number of esters is 1. The van der Waals surface area contributed by atoms with Gasteiger partial charge in [0.1, 0.15) is 12.4 Å². The zero-order chi connectivity index (χ0) is 23.1. The second-order valence-corrected chi connectivity index (χ2v) is 9.83. The van der Waals surface area contributed by atoms with E-state index in [1.165, 1.54) is 13.4 Å². The molecule has 0 heterocycles. The number of sulfone groups is 1. The smallest absolute Gasteiger partial charge is 0.337 e. The maximum absolute atomic E-state index is 12.2. The van der Waals surface area contributed by atoms with Crippen molar-refractivity contribution in [3.8, 4) is 5.75 Å². The van der Waals surface area contributed by atoms with Gasteiger partial charge in [0.25, 0.3) is 0 Å². The summed E-state index contributed by atoms with van der Waals surface area (Å²) in [5, 5.41) is 0. The van der Waals surface area contributed by atoms with Crippen LogP contribution in [-0.4, -0.2) is 27.8 Å². The zero-order valence-corrected chi connectivity index (χ0v) is 19.4. The Balaban J connectivity index is 1.76. The molecule has 0 aliphatic rings. The molecule has 0 amide bonds. The fraction of sp³-hybridized carbons (Fsp3) is 0.269. The lowest BCUT2D eigenvalue weighted by Gasteiger charge is -2.16. The SMILES string of the molecule is COC(=O)c1ccc(CCCc2cc(S(C)(=O)=O)cc(C)c2OCc2ccccc2)cc1. The van der Waals surface area contributed by atoms with Crippen molar-refractivity contribution in [1.82, 2.24) is 0 Å². The number of aryl methyl sites for hydroxylation is 3. The molecule has 168 valence electrons. The van der Waals surface area contributed by atoms with E-state index >= 15 is 0 Å². The van der Waals surface area contributed by atoms with E-state index in [9.17, 15) is 13.2 Å². The normalized spacial score (nSPS) is 11.2. The third kappa shape index (κ3) is 6.20. The van der Waals surface area contributed by atoms with Crippen LogP contribution < -0.4 is 4.74 Å². The summed E-state index contributed by atoms with van der Waals surface area (Å²) in [7, 11) is -1.96. The Hall–Kier alpha value is -3.12. The number of hydrogen-bond acceptors (Lipinski definition) is 5. The van der Waals surface area contributed by atoms with Gasteiger partial charge in [0, 0.05) is 6.26 Å². The molecule has 0 aromatic heterocycles. The van der Waals surface area contributed by atoms with Crippen molar-refractivity contribution in [1.29, 1.82) is 0 Å². The summed E-state index contributed by atoms with van der Waals surface area (Å²) in [5.41, 5.74) is 4.36. The van der Waals surface area contributed by atoms with Gasteiger partial charge in [0.05, 0.1) is 17.6 Å². The lowest BCUT2D eigenvalue weighted by atomic mass is 10.0. The Bertz CT molecular complexity index is 1170. The monoisotopic (exact) mass is 452 g/mol. The van der Waals surface area contributed by atoms with E-state index in [-0.39, 0.29) is 5.97 Å². The van der Waals surface area contributed by atoms with Crippen LogP contribution in [0.5, 0.6) is 5.75 Å². The first-order chi connectivity index (χ1) is 15.3. The van der Waals surface area contributed by atoms with Gasteiger partial charge in [0.15, 0.2) is 9.84 Å². The number of benzene rings is 3. The number of rotatable bonds is 9. The minimum atomic E-state index is -3.32. The van der Waals surface area contributed by atoms with Crippen LogP contribution >= 0.6 is 0 Å². The van der Waals surface area contributed by atoms with E-state index in [0.717, 1.165) is 40.8 Å². The quantitative estimate of drug-likeness (QED) is 0.430. The second-order valence-electron chi connectivity index (χ2n) is 7.82. The van der Waals surface area contributed by atoms with Gasteiger partial charge in [-0.15, -0.1) is 0 Å². The predicted octanol–water partition coefficient (Wildman–Crippen LogP) is 4.94. The van der Waals surface area contributed by atoms with E-state index in [2.05, 4.69) is 0 Å². The Morgan fingerprint density at radius 1 is 0.906 bits per heavy atom. The highest BCUT2D eigenvalue weighted by Crippen LogP contribution is 2.30. The molecular formula is C26H28O5S. The molecule has 3 aromatic rings. The molecule has 0 aliphatic carbocycles. The summed E-state index contributed by atoms with van der Waals surface area (Å²) in [5.74, 6) is 0.382. The summed E-state index contributed by atoms with van der Waals surface area (Å²) in [6.07, 6.45) is 3.50. The molecule has 0 saturated heterocycles. The summed E-state index contributed by atoms with van der Waals surface area (Å²) >= 11 is 0. The average Bonchev–Trinajstić information content (AvgIpc) is 2.78. The molecule has 32 heavy (non-hydrogen) atoms. The third-order valence-electron chi connectivity index (χ3n) is 5.27.